The Morgan fingerprint density at radius 3 is 2.61 bits per heavy atom. The lowest BCUT2D eigenvalue weighted by molar-refractivity contribution is 0.285. The Labute approximate surface area is 123 Å². The van der Waals surface area contributed by atoms with Crippen LogP contribution in [0.1, 0.15) is 44.6 Å². The van der Waals surface area contributed by atoms with Gasteiger partial charge in [0.25, 0.3) is 0 Å². The average molecular weight is 331 g/mol. The molecule has 0 spiro atoms. The smallest absolute Gasteiger partial charge is 0.0548 e. The molecule has 1 aromatic carbocycles. The predicted molar refractivity (Wildman–Crippen MR) is 82.0 cm³/mol. The van der Waals surface area contributed by atoms with Gasteiger partial charge in [-0.2, -0.15) is 0 Å². The third-order valence-corrected chi connectivity index (χ3v) is 5.22. The maximum atomic E-state index is 5.99. The summed E-state index contributed by atoms with van der Waals surface area (Å²) in [7, 11) is 0. The van der Waals surface area contributed by atoms with Crippen molar-refractivity contribution in [2.45, 2.75) is 51.6 Å². The largest absolute Gasteiger partial charge is 0.310 e. The van der Waals surface area contributed by atoms with Crippen molar-refractivity contribution >= 4 is 27.5 Å². The lowest BCUT2D eigenvalue weighted by Crippen LogP contribution is -2.32. The lowest BCUT2D eigenvalue weighted by atomic mass is 9.84. The van der Waals surface area contributed by atoms with Crippen molar-refractivity contribution in [1.29, 1.82) is 0 Å². The Hall–Kier alpha value is -0.0500. The molecule has 0 aliphatic heterocycles. The zero-order valence-electron chi connectivity index (χ0n) is 10.9. The Balaban J connectivity index is 1.79. The van der Waals surface area contributed by atoms with E-state index in [1.165, 1.54) is 37.7 Å². The topological polar surface area (TPSA) is 12.0 Å². The number of rotatable bonds is 4. The average Bonchev–Trinajstić information content (AvgIpc) is 2.41. The molecular formula is C15H21BrClN. The molecule has 0 aromatic heterocycles. The number of hydrogen-bond donors (Lipinski definition) is 1. The number of nitrogens with one attached hydrogen (secondary N) is 1. The summed E-state index contributed by atoms with van der Waals surface area (Å²) in [4.78, 5) is 0. The van der Waals surface area contributed by atoms with E-state index in [1.54, 1.807) is 0 Å². The summed E-state index contributed by atoms with van der Waals surface area (Å²) in [5.41, 5.74) is 1.30. The third kappa shape index (κ3) is 3.97. The van der Waals surface area contributed by atoms with Crippen LogP contribution in [0, 0.1) is 5.92 Å². The maximum absolute atomic E-state index is 5.99. The molecule has 1 aromatic rings. The van der Waals surface area contributed by atoms with Gasteiger partial charge in [-0.25, -0.2) is 0 Å². The van der Waals surface area contributed by atoms with Crippen LogP contribution in [0.2, 0.25) is 5.02 Å². The van der Waals surface area contributed by atoms with Gasteiger partial charge in [0.05, 0.1) is 5.02 Å². The molecule has 0 heterocycles. The van der Waals surface area contributed by atoms with Gasteiger partial charge < -0.3 is 5.32 Å². The molecular weight excluding hydrogens is 310 g/mol. The second-order valence-corrected chi connectivity index (χ2v) is 6.52. The molecule has 1 aliphatic carbocycles. The van der Waals surface area contributed by atoms with Crippen molar-refractivity contribution in [2.24, 2.45) is 5.92 Å². The van der Waals surface area contributed by atoms with Gasteiger partial charge >= 0.3 is 0 Å². The summed E-state index contributed by atoms with van der Waals surface area (Å²) in [6.45, 7) is 3.25. The highest BCUT2D eigenvalue weighted by molar-refractivity contribution is 9.10. The van der Waals surface area contributed by atoms with E-state index in [4.69, 9.17) is 11.6 Å². The summed E-state index contributed by atoms with van der Waals surface area (Å²) in [6.07, 6.45) is 6.77. The molecule has 2 rings (SSSR count). The first-order valence-corrected chi connectivity index (χ1v) is 8.03. The van der Waals surface area contributed by atoms with Crippen LogP contribution in [0.15, 0.2) is 22.7 Å². The van der Waals surface area contributed by atoms with Crippen LogP contribution < -0.4 is 5.32 Å². The highest BCUT2D eigenvalue weighted by Gasteiger charge is 2.19. The minimum atomic E-state index is 0.697. The van der Waals surface area contributed by atoms with Crippen molar-refractivity contribution < 1.29 is 0 Å². The summed E-state index contributed by atoms with van der Waals surface area (Å²) >= 11 is 9.46. The standard InChI is InChI=1S/C15H21BrClN/c1-2-11-3-6-13(7-4-11)18-10-12-5-8-15(17)14(16)9-12/h5,8-9,11,13,18H,2-4,6-7,10H2,1H3. The van der Waals surface area contributed by atoms with Gasteiger partial charge in [-0.1, -0.05) is 31.0 Å². The second-order valence-electron chi connectivity index (χ2n) is 5.26. The van der Waals surface area contributed by atoms with Gasteiger partial charge in [0.15, 0.2) is 0 Å². The maximum Gasteiger partial charge on any atom is 0.0548 e. The van der Waals surface area contributed by atoms with Crippen LogP contribution in [-0.2, 0) is 6.54 Å². The van der Waals surface area contributed by atoms with Gasteiger partial charge in [0, 0.05) is 17.1 Å². The summed E-state index contributed by atoms with van der Waals surface area (Å²) in [5, 5.41) is 4.45. The molecule has 1 fully saturated rings. The Kier molecular flexibility index (Phi) is 5.53. The lowest BCUT2D eigenvalue weighted by Gasteiger charge is -2.28. The number of benzene rings is 1. The zero-order valence-corrected chi connectivity index (χ0v) is 13.2. The number of halogens is 2. The van der Waals surface area contributed by atoms with Crippen molar-refractivity contribution in [3.63, 3.8) is 0 Å². The first-order chi connectivity index (χ1) is 8.69. The molecule has 0 unspecified atom stereocenters. The Morgan fingerprint density at radius 2 is 2.00 bits per heavy atom. The van der Waals surface area contributed by atoms with Crippen molar-refractivity contribution in [1.82, 2.24) is 5.32 Å². The summed E-state index contributed by atoms with van der Waals surface area (Å²) in [5.74, 6) is 0.965. The van der Waals surface area contributed by atoms with Crippen molar-refractivity contribution in [2.75, 3.05) is 0 Å². The SMILES string of the molecule is CCC1CCC(NCc2ccc(Cl)c(Br)c2)CC1. The van der Waals surface area contributed by atoms with E-state index < -0.39 is 0 Å². The quantitative estimate of drug-likeness (QED) is 0.804. The zero-order chi connectivity index (χ0) is 13.0. The first-order valence-electron chi connectivity index (χ1n) is 6.86. The van der Waals surface area contributed by atoms with Crippen LogP contribution in [0.3, 0.4) is 0 Å². The predicted octanol–water partition coefficient (Wildman–Crippen LogP) is 5.16. The van der Waals surface area contributed by atoms with E-state index >= 15 is 0 Å². The van der Waals surface area contributed by atoms with E-state index in [2.05, 4.69) is 40.3 Å². The van der Waals surface area contributed by atoms with Crippen LogP contribution in [0.25, 0.3) is 0 Å². The van der Waals surface area contributed by atoms with E-state index in [9.17, 15) is 0 Å². The Morgan fingerprint density at radius 1 is 1.28 bits per heavy atom. The second kappa shape index (κ2) is 6.93. The van der Waals surface area contributed by atoms with Crippen LogP contribution in [0.5, 0.6) is 0 Å². The molecule has 0 atom stereocenters. The van der Waals surface area contributed by atoms with Crippen LogP contribution in [0.4, 0.5) is 0 Å². The molecule has 0 bridgehead atoms. The van der Waals surface area contributed by atoms with E-state index in [0.29, 0.717) is 6.04 Å². The molecule has 0 radical (unpaired) electrons. The molecule has 3 heteroatoms. The fourth-order valence-corrected chi connectivity index (χ4v) is 3.23. The molecule has 18 heavy (non-hydrogen) atoms. The molecule has 1 nitrogen and oxygen atoms in total. The van der Waals surface area contributed by atoms with Crippen LogP contribution >= 0.6 is 27.5 Å². The normalized spacial score (nSPS) is 24.2. The molecule has 0 amide bonds. The fourth-order valence-electron chi connectivity index (χ4n) is 2.69. The molecule has 1 aliphatic rings. The van der Waals surface area contributed by atoms with Gasteiger partial charge in [0.1, 0.15) is 0 Å². The van der Waals surface area contributed by atoms with Gasteiger partial charge in [-0.05, 0) is 65.2 Å². The monoisotopic (exact) mass is 329 g/mol. The third-order valence-electron chi connectivity index (χ3n) is 4.00. The van der Waals surface area contributed by atoms with Gasteiger partial charge in [-0.15, -0.1) is 0 Å². The Bertz CT molecular complexity index is 386. The molecule has 100 valence electrons. The minimum Gasteiger partial charge on any atom is -0.310 e. The van der Waals surface area contributed by atoms with Gasteiger partial charge in [-0.3, -0.25) is 0 Å². The van der Waals surface area contributed by atoms with E-state index in [0.717, 1.165) is 22.0 Å². The van der Waals surface area contributed by atoms with Crippen molar-refractivity contribution in [3.8, 4) is 0 Å². The van der Waals surface area contributed by atoms with E-state index in [1.807, 2.05) is 6.07 Å². The first kappa shape index (κ1) is 14.4. The number of hydrogen-bond acceptors (Lipinski definition) is 1. The molecule has 0 saturated heterocycles. The highest BCUT2D eigenvalue weighted by atomic mass is 79.9. The van der Waals surface area contributed by atoms with Crippen molar-refractivity contribution in [3.05, 3.63) is 33.3 Å². The summed E-state index contributed by atoms with van der Waals surface area (Å²) in [6, 6.07) is 6.85. The summed E-state index contributed by atoms with van der Waals surface area (Å²) < 4.78 is 0.984. The highest BCUT2D eigenvalue weighted by Crippen LogP contribution is 2.27. The fraction of sp³-hybridized carbons (Fsp3) is 0.600. The molecule has 1 N–H and O–H groups in total. The van der Waals surface area contributed by atoms with E-state index in [-0.39, 0.29) is 0 Å². The minimum absolute atomic E-state index is 0.697. The molecule has 1 saturated carbocycles. The van der Waals surface area contributed by atoms with Gasteiger partial charge in [0.2, 0.25) is 0 Å². The van der Waals surface area contributed by atoms with Crippen LogP contribution in [-0.4, -0.2) is 6.04 Å².